The van der Waals surface area contributed by atoms with E-state index in [-0.39, 0.29) is 41.7 Å². The average Bonchev–Trinajstić information content (AvgIpc) is 3.02. The Bertz CT molecular complexity index is 601. The molecule has 2 saturated carbocycles. The molecule has 2 aliphatic carbocycles. The van der Waals surface area contributed by atoms with Gasteiger partial charge in [0.05, 0.1) is 22.5 Å². The molecular formula is C15H14ClNO3. The van der Waals surface area contributed by atoms with Crippen LogP contribution in [0.1, 0.15) is 12.8 Å². The SMILES string of the molecule is O=C(Nc1ccccc1Cl)[C@@H]1[C@@H]2C[C@@H]3[C@H]1C(=O)O[C@H]3C2. The van der Waals surface area contributed by atoms with E-state index in [0.717, 1.165) is 12.8 Å². The second-order valence-electron chi connectivity index (χ2n) is 5.89. The second-order valence-corrected chi connectivity index (χ2v) is 6.30. The van der Waals surface area contributed by atoms with Crippen LogP contribution in [-0.2, 0) is 14.3 Å². The van der Waals surface area contributed by atoms with Gasteiger partial charge in [0.15, 0.2) is 0 Å². The number of carbonyl (C=O) groups is 2. The summed E-state index contributed by atoms with van der Waals surface area (Å²) in [4.78, 5) is 24.4. The molecule has 1 amide bonds. The van der Waals surface area contributed by atoms with E-state index in [1.54, 1.807) is 12.1 Å². The van der Waals surface area contributed by atoms with Gasteiger partial charge in [0.1, 0.15) is 6.10 Å². The number of hydrogen-bond acceptors (Lipinski definition) is 3. The Kier molecular flexibility index (Phi) is 2.58. The van der Waals surface area contributed by atoms with Crippen molar-refractivity contribution in [2.45, 2.75) is 18.9 Å². The van der Waals surface area contributed by atoms with E-state index in [4.69, 9.17) is 16.3 Å². The van der Waals surface area contributed by atoms with Crippen LogP contribution in [0.3, 0.4) is 0 Å². The molecule has 5 heteroatoms. The molecule has 4 rings (SSSR count). The molecule has 20 heavy (non-hydrogen) atoms. The first kappa shape index (κ1) is 12.2. The maximum absolute atomic E-state index is 12.5. The second kappa shape index (κ2) is 4.22. The molecule has 0 unspecified atom stereocenters. The predicted molar refractivity (Wildman–Crippen MR) is 73.2 cm³/mol. The number of esters is 1. The van der Waals surface area contributed by atoms with Crippen molar-refractivity contribution in [3.63, 3.8) is 0 Å². The van der Waals surface area contributed by atoms with E-state index in [1.807, 2.05) is 12.1 Å². The fourth-order valence-electron chi connectivity index (χ4n) is 4.14. The normalized spacial score (nSPS) is 37.0. The number of hydrogen-bond donors (Lipinski definition) is 1. The number of rotatable bonds is 2. The van der Waals surface area contributed by atoms with Crippen molar-refractivity contribution in [3.05, 3.63) is 29.3 Å². The molecule has 1 aromatic carbocycles. The van der Waals surface area contributed by atoms with Crippen molar-refractivity contribution < 1.29 is 14.3 Å². The van der Waals surface area contributed by atoms with Crippen LogP contribution in [-0.4, -0.2) is 18.0 Å². The number of fused-ring (bicyclic) bond motifs is 1. The van der Waals surface area contributed by atoms with E-state index >= 15 is 0 Å². The maximum atomic E-state index is 12.5. The molecule has 3 fully saturated rings. The van der Waals surface area contributed by atoms with Gasteiger partial charge in [-0.05, 0) is 30.9 Å². The molecule has 0 aromatic heterocycles. The van der Waals surface area contributed by atoms with Crippen molar-refractivity contribution in [3.8, 4) is 0 Å². The molecular weight excluding hydrogens is 278 g/mol. The lowest BCUT2D eigenvalue weighted by molar-refractivity contribution is -0.145. The lowest BCUT2D eigenvalue weighted by atomic mass is 9.79. The number of halogens is 1. The quantitative estimate of drug-likeness (QED) is 0.852. The predicted octanol–water partition coefficient (Wildman–Crippen LogP) is 2.48. The van der Waals surface area contributed by atoms with Gasteiger partial charge in [-0.15, -0.1) is 0 Å². The van der Waals surface area contributed by atoms with E-state index in [0.29, 0.717) is 10.7 Å². The highest BCUT2D eigenvalue weighted by Crippen LogP contribution is 2.57. The standard InChI is InChI=1S/C15H14ClNO3/c16-9-3-1-2-4-10(9)17-14(18)12-7-5-8-11(6-7)20-15(19)13(8)12/h1-4,7-8,11-13H,5-6H2,(H,17,18)/t7-,8+,11+,12-,13-/m1/s1. The fourth-order valence-corrected chi connectivity index (χ4v) is 4.32. The number of nitrogens with one attached hydrogen (secondary N) is 1. The van der Waals surface area contributed by atoms with Crippen LogP contribution < -0.4 is 5.32 Å². The highest BCUT2D eigenvalue weighted by Gasteiger charge is 2.63. The van der Waals surface area contributed by atoms with E-state index in [9.17, 15) is 9.59 Å². The van der Waals surface area contributed by atoms with Gasteiger partial charge >= 0.3 is 5.97 Å². The van der Waals surface area contributed by atoms with Crippen LogP contribution in [0.2, 0.25) is 5.02 Å². The average molecular weight is 292 g/mol. The van der Waals surface area contributed by atoms with Gasteiger partial charge in [-0.2, -0.15) is 0 Å². The Morgan fingerprint density at radius 3 is 2.90 bits per heavy atom. The van der Waals surface area contributed by atoms with Crippen molar-refractivity contribution in [2.75, 3.05) is 5.32 Å². The van der Waals surface area contributed by atoms with Gasteiger partial charge in [-0.3, -0.25) is 9.59 Å². The molecule has 4 nitrogen and oxygen atoms in total. The Balaban J connectivity index is 1.58. The monoisotopic (exact) mass is 291 g/mol. The van der Waals surface area contributed by atoms with Crippen molar-refractivity contribution in [2.24, 2.45) is 23.7 Å². The van der Waals surface area contributed by atoms with E-state index in [1.165, 1.54) is 0 Å². The molecule has 0 radical (unpaired) electrons. The Labute approximate surface area is 121 Å². The number of amides is 1. The third-order valence-corrected chi connectivity index (χ3v) is 5.25. The number of ether oxygens (including phenoxy) is 1. The van der Waals surface area contributed by atoms with Crippen LogP contribution >= 0.6 is 11.6 Å². The van der Waals surface area contributed by atoms with Crippen LogP contribution in [0.15, 0.2) is 24.3 Å². The van der Waals surface area contributed by atoms with Crippen LogP contribution in [0.5, 0.6) is 0 Å². The topological polar surface area (TPSA) is 55.4 Å². The van der Waals surface area contributed by atoms with Gasteiger partial charge in [0.2, 0.25) is 5.91 Å². The summed E-state index contributed by atoms with van der Waals surface area (Å²) in [7, 11) is 0. The molecule has 1 N–H and O–H groups in total. The van der Waals surface area contributed by atoms with E-state index in [2.05, 4.69) is 5.32 Å². The Morgan fingerprint density at radius 1 is 1.30 bits per heavy atom. The molecule has 0 spiro atoms. The van der Waals surface area contributed by atoms with Crippen LogP contribution in [0, 0.1) is 23.7 Å². The van der Waals surface area contributed by atoms with Crippen LogP contribution in [0.25, 0.3) is 0 Å². The summed E-state index contributed by atoms with van der Waals surface area (Å²) in [5.41, 5.74) is 0.602. The third-order valence-electron chi connectivity index (χ3n) is 4.92. The summed E-state index contributed by atoms with van der Waals surface area (Å²) in [6, 6.07) is 7.14. The first-order valence-electron chi connectivity index (χ1n) is 6.91. The van der Waals surface area contributed by atoms with Gasteiger partial charge in [0, 0.05) is 5.92 Å². The summed E-state index contributed by atoms with van der Waals surface area (Å²) >= 11 is 6.05. The van der Waals surface area contributed by atoms with Gasteiger partial charge < -0.3 is 10.1 Å². The Hall–Kier alpha value is -1.55. The number of carbonyl (C=O) groups excluding carboxylic acids is 2. The van der Waals surface area contributed by atoms with Crippen molar-refractivity contribution in [1.29, 1.82) is 0 Å². The summed E-state index contributed by atoms with van der Waals surface area (Å²) in [5, 5.41) is 3.37. The molecule has 104 valence electrons. The lowest BCUT2D eigenvalue weighted by Gasteiger charge is -2.23. The number of para-hydroxylation sites is 1. The highest BCUT2D eigenvalue weighted by atomic mass is 35.5. The first-order valence-corrected chi connectivity index (χ1v) is 7.29. The molecule has 1 saturated heterocycles. The zero-order valence-corrected chi connectivity index (χ0v) is 11.5. The van der Waals surface area contributed by atoms with Gasteiger partial charge in [-0.25, -0.2) is 0 Å². The molecule has 5 atom stereocenters. The minimum absolute atomic E-state index is 0.0573. The van der Waals surface area contributed by atoms with Gasteiger partial charge in [-0.1, -0.05) is 23.7 Å². The smallest absolute Gasteiger partial charge is 0.310 e. The molecule has 1 heterocycles. The zero-order valence-electron chi connectivity index (χ0n) is 10.7. The number of benzene rings is 1. The minimum atomic E-state index is -0.262. The maximum Gasteiger partial charge on any atom is 0.310 e. The van der Waals surface area contributed by atoms with E-state index < -0.39 is 0 Å². The Morgan fingerprint density at radius 2 is 2.10 bits per heavy atom. The van der Waals surface area contributed by atoms with Crippen molar-refractivity contribution >= 4 is 29.2 Å². The van der Waals surface area contributed by atoms with Gasteiger partial charge in [0.25, 0.3) is 0 Å². The summed E-state index contributed by atoms with van der Waals surface area (Å²) in [5.74, 6) is -0.297. The van der Waals surface area contributed by atoms with Crippen LogP contribution in [0.4, 0.5) is 5.69 Å². The molecule has 2 bridgehead atoms. The fraction of sp³-hybridized carbons (Fsp3) is 0.467. The lowest BCUT2D eigenvalue weighted by Crippen LogP contribution is -2.35. The highest BCUT2D eigenvalue weighted by molar-refractivity contribution is 6.33. The molecule has 1 aromatic rings. The molecule has 3 aliphatic rings. The first-order chi connectivity index (χ1) is 9.65. The zero-order chi connectivity index (χ0) is 13.9. The summed E-state index contributed by atoms with van der Waals surface area (Å²) in [6.07, 6.45) is 1.82. The minimum Gasteiger partial charge on any atom is -0.462 e. The summed E-state index contributed by atoms with van der Waals surface area (Å²) < 4.78 is 5.35. The van der Waals surface area contributed by atoms with Crippen molar-refractivity contribution in [1.82, 2.24) is 0 Å². The molecule has 1 aliphatic heterocycles. The number of anilines is 1. The summed E-state index contributed by atoms with van der Waals surface area (Å²) in [6.45, 7) is 0. The third kappa shape index (κ3) is 1.61. The largest absolute Gasteiger partial charge is 0.462 e.